The number of hydrogen-bond acceptors (Lipinski definition) is 4. The molecular weight excluding hydrogens is 657 g/mol. The second-order valence-corrected chi connectivity index (χ2v) is 14.5. The molecule has 5 rings (SSSR count). The molecule has 0 bridgehead atoms. The number of alkyl halides is 8. The zero-order chi connectivity index (χ0) is 34.3. The fourth-order valence-electron chi connectivity index (χ4n) is 7.44. The predicted molar refractivity (Wildman–Crippen MR) is 143 cm³/mol. The highest BCUT2D eigenvalue weighted by molar-refractivity contribution is 7.92. The third-order valence-electron chi connectivity index (χ3n) is 9.72. The van der Waals surface area contributed by atoms with Crippen LogP contribution in [0.15, 0.2) is 47.4 Å². The number of amides is 1. The van der Waals surface area contributed by atoms with E-state index in [2.05, 4.69) is 0 Å². The maximum absolute atomic E-state index is 16.2. The van der Waals surface area contributed by atoms with Crippen LogP contribution in [0.1, 0.15) is 62.1 Å². The molecule has 2 unspecified atom stereocenters. The number of carbonyl (C=O) groups excluding carboxylic acids is 1. The Morgan fingerprint density at radius 2 is 1.48 bits per heavy atom. The normalized spacial score (nSPS) is 28.8. The molecule has 3 atom stereocenters. The quantitative estimate of drug-likeness (QED) is 0.280. The predicted octanol–water partition coefficient (Wildman–Crippen LogP) is 6.70. The number of sulfone groups is 1. The lowest BCUT2D eigenvalue weighted by atomic mass is 9.76. The number of likely N-dealkylation sites (tertiary alicyclic amines) is 1. The van der Waals surface area contributed by atoms with Crippen LogP contribution in [0.4, 0.5) is 39.5 Å². The smallest absolute Gasteiger partial charge is 0.435 e. The zero-order valence-corrected chi connectivity index (χ0v) is 24.9. The summed E-state index contributed by atoms with van der Waals surface area (Å²) in [5.74, 6) is -3.97. The number of hydrogen-bond donors (Lipinski definition) is 1. The monoisotopic (exact) mass is 685 g/mol. The molecule has 1 saturated heterocycles. The van der Waals surface area contributed by atoms with Crippen molar-refractivity contribution < 1.29 is 62.6 Å². The minimum Gasteiger partial charge on any atom is -0.481 e. The Bertz CT molecular complexity index is 1640. The van der Waals surface area contributed by atoms with E-state index in [0.29, 0.717) is 12.1 Å². The maximum Gasteiger partial charge on any atom is 0.435 e. The van der Waals surface area contributed by atoms with Gasteiger partial charge in [-0.25, -0.2) is 21.6 Å². The number of aliphatic carboxylic acids is 1. The average molecular weight is 686 g/mol. The molecule has 1 aliphatic heterocycles. The third kappa shape index (κ3) is 4.88. The van der Waals surface area contributed by atoms with E-state index in [1.807, 2.05) is 0 Å². The van der Waals surface area contributed by atoms with Gasteiger partial charge in [0.2, 0.25) is 0 Å². The van der Waals surface area contributed by atoms with Crippen LogP contribution in [-0.2, 0) is 36.3 Å². The summed E-state index contributed by atoms with van der Waals surface area (Å²) in [6.45, 7) is 1.42. The van der Waals surface area contributed by atoms with E-state index < -0.39 is 110 Å². The largest absolute Gasteiger partial charge is 0.481 e. The lowest BCUT2D eigenvalue weighted by Crippen LogP contribution is -2.57. The van der Waals surface area contributed by atoms with Crippen LogP contribution in [0.3, 0.4) is 0 Å². The number of nitrogens with zero attached hydrogens (tertiary/aromatic N) is 1. The second kappa shape index (κ2) is 10.9. The molecule has 1 N–H and O–H groups in total. The van der Waals surface area contributed by atoms with Crippen LogP contribution in [-0.4, -0.2) is 60.4 Å². The van der Waals surface area contributed by atoms with Gasteiger partial charge in [0.15, 0.2) is 15.5 Å². The summed E-state index contributed by atoms with van der Waals surface area (Å²) >= 11 is 0. The van der Waals surface area contributed by atoms with E-state index in [4.69, 9.17) is 0 Å². The number of benzene rings is 2. The number of aryl methyl sites for hydroxylation is 1. The van der Waals surface area contributed by atoms with Crippen LogP contribution >= 0.6 is 0 Å². The SMILES string of the molecule is C[C@@H]1CC2(S(=O)(=O)c3ccc(F)cc3)c3ccc(C(F)(C(F)(F)F)C(F)(F)F)cc3CCC2N1C(=O)[C@]1(F)CC[C@@H](C(=O)O)CC1. The first kappa shape index (κ1) is 34.0. The van der Waals surface area contributed by atoms with Crippen molar-refractivity contribution >= 4 is 21.7 Å². The molecule has 252 valence electrons. The molecule has 16 heteroatoms. The molecule has 2 aromatic carbocycles. The van der Waals surface area contributed by atoms with Crippen molar-refractivity contribution in [3.8, 4) is 0 Å². The molecule has 0 spiro atoms. The van der Waals surface area contributed by atoms with Crippen molar-refractivity contribution in [3.05, 3.63) is 65.0 Å². The standard InChI is InChI=1S/C30H28F9NO5S/c1-16-15-27(46(44,45)21-6-4-20(31)5-7-21)22-8-3-19(28(33,29(34,35)36)30(37,38)39)14-18(22)2-9-23(27)40(16)25(43)26(32)12-10-17(11-13-26)24(41)42/h3-8,14,16-17,23H,2,9-13,15H2,1H3,(H,41,42)/t16-,17-,23?,26+,27?/m1/s1. The molecule has 0 radical (unpaired) electrons. The molecule has 2 fully saturated rings. The number of rotatable bonds is 5. The molecule has 3 aliphatic rings. The Labute approximate surface area is 257 Å². The van der Waals surface area contributed by atoms with E-state index >= 15 is 8.78 Å². The Kier molecular flexibility index (Phi) is 8.05. The maximum atomic E-state index is 16.2. The van der Waals surface area contributed by atoms with Gasteiger partial charge in [-0.3, -0.25) is 9.59 Å². The number of carboxylic acids is 1. The Balaban J connectivity index is 1.68. The molecule has 2 aromatic rings. The number of carboxylic acid groups (broad SMARTS) is 1. The summed E-state index contributed by atoms with van der Waals surface area (Å²) in [5, 5.41) is 9.30. The third-order valence-corrected chi connectivity index (χ3v) is 12.2. The van der Waals surface area contributed by atoms with Crippen molar-refractivity contribution in [1.29, 1.82) is 0 Å². The summed E-state index contributed by atoms with van der Waals surface area (Å²) < 4.78 is 153. The van der Waals surface area contributed by atoms with Gasteiger partial charge in [0.1, 0.15) is 10.6 Å². The minimum atomic E-state index is -6.42. The Hall–Kier alpha value is -3.30. The highest BCUT2D eigenvalue weighted by Gasteiger charge is 2.74. The Morgan fingerprint density at radius 3 is 2.00 bits per heavy atom. The fraction of sp³-hybridized carbons (Fsp3) is 0.533. The van der Waals surface area contributed by atoms with Crippen molar-refractivity contribution in [2.45, 2.75) is 97.3 Å². The summed E-state index contributed by atoms with van der Waals surface area (Å²) in [4.78, 5) is 25.8. The van der Waals surface area contributed by atoms with Crippen LogP contribution in [0.5, 0.6) is 0 Å². The number of carbonyl (C=O) groups is 2. The molecule has 1 heterocycles. The molecule has 1 saturated carbocycles. The molecular formula is C30H28F9NO5S. The van der Waals surface area contributed by atoms with Gasteiger partial charge in [0, 0.05) is 11.6 Å². The van der Waals surface area contributed by atoms with Crippen LogP contribution in [0.2, 0.25) is 0 Å². The topological polar surface area (TPSA) is 91.8 Å². The Morgan fingerprint density at radius 1 is 0.913 bits per heavy atom. The fourth-order valence-corrected chi connectivity index (χ4v) is 9.90. The van der Waals surface area contributed by atoms with Gasteiger partial charge in [0.25, 0.3) is 5.91 Å². The lowest BCUT2D eigenvalue weighted by molar-refractivity contribution is -0.348. The molecule has 6 nitrogen and oxygen atoms in total. The minimum absolute atomic E-state index is 0.168. The average Bonchev–Trinajstić information content (AvgIpc) is 3.28. The van der Waals surface area contributed by atoms with Gasteiger partial charge >= 0.3 is 24.0 Å². The van der Waals surface area contributed by atoms with Gasteiger partial charge in [-0.05, 0) is 87.3 Å². The summed E-state index contributed by atoms with van der Waals surface area (Å²) in [7, 11) is -4.76. The first-order chi connectivity index (χ1) is 21.1. The van der Waals surface area contributed by atoms with E-state index in [1.165, 1.54) is 6.92 Å². The van der Waals surface area contributed by atoms with Gasteiger partial charge in [-0.2, -0.15) is 26.3 Å². The molecule has 1 amide bonds. The molecule has 46 heavy (non-hydrogen) atoms. The van der Waals surface area contributed by atoms with Gasteiger partial charge < -0.3 is 10.0 Å². The highest BCUT2D eigenvalue weighted by atomic mass is 32.2. The van der Waals surface area contributed by atoms with Crippen LogP contribution in [0.25, 0.3) is 0 Å². The van der Waals surface area contributed by atoms with E-state index in [1.54, 1.807) is 0 Å². The summed E-state index contributed by atoms with van der Waals surface area (Å²) in [6.07, 6.45) is -15.3. The van der Waals surface area contributed by atoms with Crippen molar-refractivity contribution in [2.24, 2.45) is 5.92 Å². The van der Waals surface area contributed by atoms with Gasteiger partial charge in [0.05, 0.1) is 16.9 Å². The second-order valence-electron chi connectivity index (χ2n) is 12.3. The highest BCUT2D eigenvalue weighted by Crippen LogP contribution is 2.58. The van der Waals surface area contributed by atoms with Crippen molar-refractivity contribution in [3.63, 3.8) is 0 Å². The number of fused-ring (bicyclic) bond motifs is 3. The summed E-state index contributed by atoms with van der Waals surface area (Å²) in [5.41, 5.74) is -10.8. The van der Waals surface area contributed by atoms with Gasteiger partial charge in [-0.15, -0.1) is 0 Å². The van der Waals surface area contributed by atoms with E-state index in [0.717, 1.165) is 29.2 Å². The van der Waals surface area contributed by atoms with E-state index in [9.17, 15) is 53.8 Å². The zero-order valence-electron chi connectivity index (χ0n) is 24.1. The van der Waals surface area contributed by atoms with Crippen molar-refractivity contribution in [1.82, 2.24) is 4.90 Å². The lowest BCUT2D eigenvalue weighted by Gasteiger charge is -2.45. The van der Waals surface area contributed by atoms with Crippen LogP contribution < -0.4 is 0 Å². The molecule has 2 aliphatic carbocycles. The van der Waals surface area contributed by atoms with E-state index in [-0.39, 0.29) is 36.5 Å². The first-order valence-corrected chi connectivity index (χ1v) is 15.8. The molecule has 0 aromatic heterocycles. The summed E-state index contributed by atoms with van der Waals surface area (Å²) in [6, 6.07) is 2.28. The van der Waals surface area contributed by atoms with Crippen LogP contribution in [0, 0.1) is 11.7 Å². The first-order valence-electron chi connectivity index (χ1n) is 14.3. The van der Waals surface area contributed by atoms with Gasteiger partial charge in [-0.1, -0.05) is 18.2 Å². The number of halogens is 9. The van der Waals surface area contributed by atoms with Crippen molar-refractivity contribution in [2.75, 3.05) is 0 Å².